The van der Waals surface area contributed by atoms with E-state index in [0.29, 0.717) is 0 Å². The highest BCUT2D eigenvalue weighted by Gasteiger charge is 2.17. The van der Waals surface area contributed by atoms with Gasteiger partial charge in [-0.3, -0.25) is 4.57 Å². The van der Waals surface area contributed by atoms with Crippen molar-refractivity contribution in [3.05, 3.63) is 29.6 Å². The van der Waals surface area contributed by atoms with Gasteiger partial charge in [-0.05, 0) is 0 Å². The van der Waals surface area contributed by atoms with Crippen molar-refractivity contribution in [3.63, 3.8) is 0 Å². The number of hydrogen-bond donors (Lipinski definition) is 2. The molecule has 0 radical (unpaired) electrons. The third-order valence-corrected chi connectivity index (χ3v) is 1.92. The maximum absolute atomic E-state index is 10.9. The third-order valence-electron chi connectivity index (χ3n) is 1.92. The number of aromatic carboxylic acids is 1. The first-order valence-electron chi connectivity index (χ1n) is 4.34. The van der Waals surface area contributed by atoms with E-state index in [1.165, 1.54) is 12.4 Å². The van der Waals surface area contributed by atoms with E-state index in [0.717, 1.165) is 4.57 Å². The molecule has 0 saturated heterocycles. The topological polar surface area (TPSA) is 131 Å². The number of nitriles is 2. The molecule has 17 heavy (non-hydrogen) atoms. The summed E-state index contributed by atoms with van der Waals surface area (Å²) in [6.45, 7) is 0. The quantitative estimate of drug-likeness (QED) is 0.745. The summed E-state index contributed by atoms with van der Waals surface area (Å²) in [6.07, 6.45) is 2.55. The Morgan fingerprint density at radius 3 is 2.59 bits per heavy atom. The van der Waals surface area contributed by atoms with Gasteiger partial charge in [0.1, 0.15) is 12.1 Å². The molecule has 2 heterocycles. The minimum Gasteiger partial charge on any atom is -0.475 e. The number of imidazole rings is 2. The lowest BCUT2D eigenvalue weighted by molar-refractivity contribution is 0.0681. The van der Waals surface area contributed by atoms with Crippen LogP contribution in [-0.2, 0) is 0 Å². The van der Waals surface area contributed by atoms with Crippen LogP contribution in [0, 0.1) is 22.7 Å². The molecular weight excluding hydrogens is 224 g/mol. The fraction of sp³-hybridized carbons (Fsp3) is 0. The van der Waals surface area contributed by atoms with Gasteiger partial charge >= 0.3 is 5.97 Å². The molecular formula is C9H4N6O2. The highest BCUT2D eigenvalue weighted by Crippen LogP contribution is 2.09. The van der Waals surface area contributed by atoms with Gasteiger partial charge in [0.2, 0.25) is 11.8 Å². The molecule has 2 aromatic rings. The van der Waals surface area contributed by atoms with Crippen molar-refractivity contribution in [1.29, 1.82) is 10.5 Å². The molecule has 2 rings (SSSR count). The van der Waals surface area contributed by atoms with Gasteiger partial charge in [-0.2, -0.15) is 10.5 Å². The monoisotopic (exact) mass is 228 g/mol. The molecule has 0 fully saturated rings. The lowest BCUT2D eigenvalue weighted by atomic mass is 10.5. The van der Waals surface area contributed by atoms with E-state index >= 15 is 0 Å². The highest BCUT2D eigenvalue weighted by molar-refractivity contribution is 5.84. The molecule has 8 nitrogen and oxygen atoms in total. The second-order valence-corrected chi connectivity index (χ2v) is 2.96. The van der Waals surface area contributed by atoms with Crippen molar-refractivity contribution in [2.24, 2.45) is 0 Å². The summed E-state index contributed by atoms with van der Waals surface area (Å²) in [6, 6.07) is 3.53. The van der Waals surface area contributed by atoms with E-state index in [2.05, 4.69) is 15.0 Å². The predicted molar refractivity (Wildman–Crippen MR) is 52.1 cm³/mol. The van der Waals surface area contributed by atoms with Crippen molar-refractivity contribution in [2.75, 3.05) is 0 Å². The standard InChI is InChI=1S/C9H4N6O2/c10-1-5-3-12-9(14-5)15-4-6(2-11)13-7(15)8(16)17/h3-4H,(H,12,14)(H,16,17). The van der Waals surface area contributed by atoms with E-state index in [1.807, 2.05) is 0 Å². The molecule has 0 saturated carbocycles. The normalized spacial score (nSPS) is 9.53. The summed E-state index contributed by atoms with van der Waals surface area (Å²) in [5.41, 5.74) is 0.0702. The number of aromatic amines is 1. The molecule has 0 amide bonds. The molecule has 0 aliphatic carbocycles. The zero-order chi connectivity index (χ0) is 12.4. The van der Waals surface area contributed by atoms with Crippen molar-refractivity contribution in [3.8, 4) is 18.1 Å². The molecule has 0 spiro atoms. The first-order chi connectivity index (χ1) is 8.15. The van der Waals surface area contributed by atoms with E-state index in [4.69, 9.17) is 15.6 Å². The SMILES string of the molecule is N#Cc1c[nH]c(-n2cc(C#N)nc2C(=O)O)n1. The summed E-state index contributed by atoms with van der Waals surface area (Å²) in [5, 5.41) is 26.2. The van der Waals surface area contributed by atoms with Gasteiger partial charge in [0.25, 0.3) is 0 Å². The van der Waals surface area contributed by atoms with Crippen LogP contribution < -0.4 is 0 Å². The van der Waals surface area contributed by atoms with Crippen LogP contribution in [0.2, 0.25) is 0 Å². The molecule has 0 bridgehead atoms. The number of aromatic nitrogens is 4. The maximum Gasteiger partial charge on any atom is 0.372 e. The summed E-state index contributed by atoms with van der Waals surface area (Å²) in [7, 11) is 0. The number of carbonyl (C=O) groups is 1. The van der Waals surface area contributed by atoms with E-state index in [-0.39, 0.29) is 23.2 Å². The van der Waals surface area contributed by atoms with Crippen LogP contribution in [0.5, 0.6) is 0 Å². The van der Waals surface area contributed by atoms with E-state index in [9.17, 15) is 4.79 Å². The molecule has 2 aromatic heterocycles. The van der Waals surface area contributed by atoms with Gasteiger partial charge in [-0.25, -0.2) is 14.8 Å². The Balaban J connectivity index is 2.59. The fourth-order valence-corrected chi connectivity index (χ4v) is 1.24. The molecule has 82 valence electrons. The summed E-state index contributed by atoms with van der Waals surface area (Å²) in [5.74, 6) is -1.52. The Kier molecular flexibility index (Phi) is 2.32. The first-order valence-corrected chi connectivity index (χ1v) is 4.34. The van der Waals surface area contributed by atoms with Crippen molar-refractivity contribution < 1.29 is 9.90 Å². The number of rotatable bonds is 2. The second kappa shape index (κ2) is 3.79. The smallest absolute Gasteiger partial charge is 0.372 e. The molecule has 0 aliphatic rings. The zero-order valence-corrected chi connectivity index (χ0v) is 8.25. The lowest BCUT2D eigenvalue weighted by Gasteiger charge is -1.98. The van der Waals surface area contributed by atoms with Crippen molar-refractivity contribution in [2.45, 2.75) is 0 Å². The molecule has 0 unspecified atom stereocenters. The molecule has 8 heteroatoms. The van der Waals surface area contributed by atoms with Gasteiger partial charge in [-0.15, -0.1) is 0 Å². The number of H-pyrrole nitrogens is 1. The number of hydrogen-bond acceptors (Lipinski definition) is 5. The van der Waals surface area contributed by atoms with Gasteiger partial charge in [0.15, 0.2) is 11.4 Å². The third kappa shape index (κ3) is 1.70. The Labute approximate surface area is 94.4 Å². The van der Waals surface area contributed by atoms with Gasteiger partial charge < -0.3 is 10.1 Å². The first kappa shape index (κ1) is 10.4. The highest BCUT2D eigenvalue weighted by atomic mass is 16.4. The minimum atomic E-state index is -1.29. The number of nitrogens with zero attached hydrogens (tertiary/aromatic N) is 5. The second-order valence-electron chi connectivity index (χ2n) is 2.96. The van der Waals surface area contributed by atoms with Crippen LogP contribution in [0.25, 0.3) is 5.95 Å². The van der Waals surface area contributed by atoms with E-state index < -0.39 is 5.97 Å². The zero-order valence-electron chi connectivity index (χ0n) is 8.25. The van der Waals surface area contributed by atoms with Crippen LogP contribution in [-0.4, -0.2) is 30.6 Å². The van der Waals surface area contributed by atoms with Gasteiger partial charge in [-0.1, -0.05) is 0 Å². The van der Waals surface area contributed by atoms with Crippen LogP contribution in [0.1, 0.15) is 22.0 Å². The van der Waals surface area contributed by atoms with Crippen molar-refractivity contribution in [1.82, 2.24) is 19.5 Å². The maximum atomic E-state index is 10.9. The minimum absolute atomic E-state index is 0.0442. The van der Waals surface area contributed by atoms with Crippen LogP contribution in [0.4, 0.5) is 0 Å². The Bertz CT molecular complexity index is 668. The van der Waals surface area contributed by atoms with Crippen LogP contribution in [0.3, 0.4) is 0 Å². The lowest BCUT2D eigenvalue weighted by Crippen LogP contribution is -2.08. The average molecular weight is 228 g/mol. The number of carboxylic acids is 1. The fourth-order valence-electron chi connectivity index (χ4n) is 1.24. The Morgan fingerprint density at radius 1 is 1.35 bits per heavy atom. The molecule has 0 aliphatic heterocycles. The average Bonchev–Trinajstić information content (AvgIpc) is 2.94. The summed E-state index contributed by atoms with van der Waals surface area (Å²) in [4.78, 5) is 20.9. The van der Waals surface area contributed by atoms with Gasteiger partial charge in [0.05, 0.1) is 6.20 Å². The molecule has 0 aromatic carbocycles. The molecule has 2 N–H and O–H groups in total. The number of nitrogens with one attached hydrogen (secondary N) is 1. The van der Waals surface area contributed by atoms with Gasteiger partial charge in [0, 0.05) is 6.20 Å². The van der Waals surface area contributed by atoms with Crippen LogP contribution in [0.15, 0.2) is 12.4 Å². The Hall–Kier alpha value is -3.13. The van der Waals surface area contributed by atoms with Crippen molar-refractivity contribution >= 4 is 5.97 Å². The van der Waals surface area contributed by atoms with E-state index in [1.54, 1.807) is 12.1 Å². The number of carboxylic acid groups (broad SMARTS) is 1. The predicted octanol–water partition coefficient (Wildman–Crippen LogP) is 0.0370. The summed E-state index contributed by atoms with van der Waals surface area (Å²) >= 11 is 0. The van der Waals surface area contributed by atoms with Crippen LogP contribution >= 0.6 is 0 Å². The summed E-state index contributed by atoms with van der Waals surface area (Å²) < 4.78 is 1.10. The largest absolute Gasteiger partial charge is 0.475 e. The molecule has 0 atom stereocenters. The Morgan fingerprint density at radius 2 is 2.06 bits per heavy atom.